The highest BCUT2D eigenvalue weighted by atomic mass is 16.4. The van der Waals surface area contributed by atoms with E-state index in [1.807, 2.05) is 13.8 Å². The van der Waals surface area contributed by atoms with E-state index in [9.17, 15) is 9.59 Å². The molecule has 0 aliphatic rings. The van der Waals surface area contributed by atoms with Gasteiger partial charge in [-0.05, 0) is 12.3 Å². The number of nitrogens with two attached hydrogens (primary N) is 1. The van der Waals surface area contributed by atoms with Crippen LogP contribution in [0.2, 0.25) is 0 Å². The van der Waals surface area contributed by atoms with E-state index in [1.165, 1.54) is 0 Å². The Kier molecular flexibility index (Phi) is 5.93. The fourth-order valence-corrected chi connectivity index (χ4v) is 1.32. The van der Waals surface area contributed by atoms with Crippen LogP contribution in [0.25, 0.3) is 0 Å². The quantitative estimate of drug-likeness (QED) is 0.668. The predicted molar refractivity (Wildman–Crippen MR) is 57.3 cm³/mol. The molecule has 0 radical (unpaired) electrons. The van der Waals surface area contributed by atoms with Crippen LogP contribution in [0.15, 0.2) is 0 Å². The van der Waals surface area contributed by atoms with Crippen molar-refractivity contribution in [2.45, 2.75) is 32.7 Å². The molecule has 0 heterocycles. The number of aliphatic carboxylic acids is 1. The van der Waals surface area contributed by atoms with E-state index in [2.05, 4.69) is 0 Å². The van der Waals surface area contributed by atoms with Crippen LogP contribution in [0.1, 0.15) is 26.7 Å². The number of hydrogen-bond donors (Lipinski definition) is 2. The fraction of sp³-hybridized carbons (Fsp3) is 0.800. The molecule has 0 bridgehead atoms. The lowest BCUT2D eigenvalue weighted by molar-refractivity contribution is -0.137. The zero-order valence-corrected chi connectivity index (χ0v) is 9.56. The van der Waals surface area contributed by atoms with E-state index in [-0.39, 0.29) is 18.7 Å². The highest BCUT2D eigenvalue weighted by molar-refractivity contribution is 5.82. The molecule has 5 nitrogen and oxygen atoms in total. The number of carbonyl (C=O) groups is 2. The number of carbonyl (C=O) groups excluding carboxylic acids is 1. The molecular weight excluding hydrogens is 196 g/mol. The van der Waals surface area contributed by atoms with E-state index in [4.69, 9.17) is 10.8 Å². The second-order valence-corrected chi connectivity index (χ2v) is 4.15. The van der Waals surface area contributed by atoms with Gasteiger partial charge in [-0.15, -0.1) is 0 Å². The second-order valence-electron chi connectivity index (χ2n) is 4.15. The third-order valence-corrected chi connectivity index (χ3v) is 2.00. The van der Waals surface area contributed by atoms with Crippen molar-refractivity contribution >= 4 is 11.9 Å². The maximum Gasteiger partial charge on any atom is 0.303 e. The van der Waals surface area contributed by atoms with Gasteiger partial charge >= 0.3 is 5.97 Å². The van der Waals surface area contributed by atoms with E-state index < -0.39 is 12.0 Å². The number of hydrogen-bond acceptors (Lipinski definition) is 3. The normalized spacial score (nSPS) is 12.6. The molecular formula is C10H20N2O3. The van der Waals surface area contributed by atoms with Crippen LogP contribution < -0.4 is 5.73 Å². The van der Waals surface area contributed by atoms with Gasteiger partial charge in [0, 0.05) is 20.0 Å². The van der Waals surface area contributed by atoms with Gasteiger partial charge in [0.25, 0.3) is 0 Å². The number of carboxylic acids is 1. The molecule has 0 aliphatic heterocycles. The first kappa shape index (κ1) is 13.9. The van der Waals surface area contributed by atoms with Crippen molar-refractivity contribution in [2.75, 3.05) is 13.6 Å². The minimum absolute atomic E-state index is 0.0670. The SMILES string of the molecule is CC(C)CN(C)C(=O)C(N)CCC(=O)O. The highest BCUT2D eigenvalue weighted by Crippen LogP contribution is 2.02. The molecule has 0 fully saturated rings. The topological polar surface area (TPSA) is 83.6 Å². The van der Waals surface area contributed by atoms with Gasteiger partial charge in [-0.2, -0.15) is 0 Å². The first-order chi connectivity index (χ1) is 6.84. The van der Waals surface area contributed by atoms with Gasteiger partial charge in [0.05, 0.1) is 6.04 Å². The molecule has 15 heavy (non-hydrogen) atoms. The molecule has 0 saturated carbocycles. The molecule has 88 valence electrons. The largest absolute Gasteiger partial charge is 0.481 e. The summed E-state index contributed by atoms with van der Waals surface area (Å²) in [5, 5.41) is 8.45. The average molecular weight is 216 g/mol. The first-order valence-electron chi connectivity index (χ1n) is 5.07. The second kappa shape index (κ2) is 6.40. The standard InChI is InChI=1S/C10H20N2O3/c1-7(2)6-12(3)10(15)8(11)4-5-9(13)14/h7-8H,4-6,11H2,1-3H3,(H,13,14). The van der Waals surface area contributed by atoms with Gasteiger partial charge in [-0.25, -0.2) is 0 Å². The van der Waals surface area contributed by atoms with E-state index >= 15 is 0 Å². The molecule has 3 N–H and O–H groups in total. The van der Waals surface area contributed by atoms with Gasteiger partial charge in [-0.3, -0.25) is 9.59 Å². The van der Waals surface area contributed by atoms with Crippen molar-refractivity contribution < 1.29 is 14.7 Å². The minimum atomic E-state index is -0.926. The van der Waals surface area contributed by atoms with Crippen LogP contribution in [-0.4, -0.2) is 41.5 Å². The Labute approximate surface area is 90.2 Å². The van der Waals surface area contributed by atoms with Crippen molar-refractivity contribution in [2.24, 2.45) is 11.7 Å². The zero-order valence-electron chi connectivity index (χ0n) is 9.56. The average Bonchev–Trinajstić information content (AvgIpc) is 2.11. The van der Waals surface area contributed by atoms with Gasteiger partial charge in [0.2, 0.25) is 5.91 Å². The van der Waals surface area contributed by atoms with Gasteiger partial charge in [-0.1, -0.05) is 13.8 Å². The van der Waals surface area contributed by atoms with Gasteiger partial charge in [0.1, 0.15) is 0 Å². The maximum absolute atomic E-state index is 11.6. The smallest absolute Gasteiger partial charge is 0.303 e. The maximum atomic E-state index is 11.6. The monoisotopic (exact) mass is 216 g/mol. The number of amides is 1. The Hall–Kier alpha value is -1.10. The van der Waals surface area contributed by atoms with Crippen molar-refractivity contribution in [1.29, 1.82) is 0 Å². The van der Waals surface area contributed by atoms with Crippen LogP contribution in [-0.2, 0) is 9.59 Å². The molecule has 0 spiro atoms. The molecule has 1 unspecified atom stereocenters. The first-order valence-corrected chi connectivity index (χ1v) is 5.07. The van der Waals surface area contributed by atoms with Crippen molar-refractivity contribution in [3.8, 4) is 0 Å². The summed E-state index contributed by atoms with van der Waals surface area (Å²) < 4.78 is 0. The minimum Gasteiger partial charge on any atom is -0.481 e. The summed E-state index contributed by atoms with van der Waals surface area (Å²) in [5.41, 5.74) is 5.59. The van der Waals surface area contributed by atoms with Crippen LogP contribution in [0, 0.1) is 5.92 Å². The predicted octanol–water partition coefficient (Wildman–Crippen LogP) is 0.293. The number of nitrogens with zero attached hydrogens (tertiary/aromatic N) is 1. The van der Waals surface area contributed by atoms with Gasteiger partial charge in [0.15, 0.2) is 0 Å². The molecule has 1 atom stereocenters. The van der Waals surface area contributed by atoms with Crippen LogP contribution in [0.3, 0.4) is 0 Å². The zero-order chi connectivity index (χ0) is 12.0. The number of rotatable bonds is 6. The van der Waals surface area contributed by atoms with Crippen LogP contribution in [0.5, 0.6) is 0 Å². The third kappa shape index (κ3) is 6.06. The van der Waals surface area contributed by atoms with Crippen LogP contribution >= 0.6 is 0 Å². The summed E-state index contributed by atoms with van der Waals surface area (Å²) in [6.45, 7) is 4.65. The lowest BCUT2D eigenvalue weighted by Gasteiger charge is -2.22. The molecule has 0 aromatic carbocycles. The fourth-order valence-electron chi connectivity index (χ4n) is 1.32. The van der Waals surface area contributed by atoms with Crippen molar-refractivity contribution in [3.05, 3.63) is 0 Å². The summed E-state index contributed by atoms with van der Waals surface area (Å²) in [5.74, 6) is -0.736. The Balaban J connectivity index is 4.01. The van der Waals surface area contributed by atoms with Crippen molar-refractivity contribution in [1.82, 2.24) is 4.90 Å². The Morgan fingerprint density at radius 3 is 2.33 bits per heavy atom. The molecule has 0 aromatic rings. The highest BCUT2D eigenvalue weighted by Gasteiger charge is 2.19. The van der Waals surface area contributed by atoms with Crippen LogP contribution in [0.4, 0.5) is 0 Å². The van der Waals surface area contributed by atoms with E-state index in [0.717, 1.165) is 0 Å². The molecule has 5 heteroatoms. The third-order valence-electron chi connectivity index (χ3n) is 2.00. The van der Waals surface area contributed by atoms with Gasteiger partial charge < -0.3 is 15.7 Å². The summed E-state index contributed by atoms with van der Waals surface area (Å²) in [6.07, 6.45) is 0.124. The molecule has 1 amide bonds. The summed E-state index contributed by atoms with van der Waals surface area (Å²) in [4.78, 5) is 23.4. The molecule has 0 aromatic heterocycles. The number of likely N-dealkylation sites (N-methyl/N-ethyl adjacent to an activating group) is 1. The lowest BCUT2D eigenvalue weighted by Crippen LogP contribution is -2.43. The Morgan fingerprint density at radius 2 is 1.93 bits per heavy atom. The number of carboxylic acid groups (broad SMARTS) is 1. The lowest BCUT2D eigenvalue weighted by atomic mass is 10.1. The Bertz CT molecular complexity index is 229. The van der Waals surface area contributed by atoms with E-state index in [1.54, 1.807) is 11.9 Å². The summed E-state index contributed by atoms with van der Waals surface area (Å²) in [6, 6.07) is -0.704. The molecule has 0 aliphatic carbocycles. The summed E-state index contributed by atoms with van der Waals surface area (Å²) in [7, 11) is 1.68. The molecule has 0 saturated heterocycles. The van der Waals surface area contributed by atoms with E-state index in [0.29, 0.717) is 12.5 Å². The Morgan fingerprint density at radius 1 is 1.40 bits per heavy atom. The summed E-state index contributed by atoms with van der Waals surface area (Å²) >= 11 is 0. The van der Waals surface area contributed by atoms with Crippen molar-refractivity contribution in [3.63, 3.8) is 0 Å². The molecule has 0 rings (SSSR count).